The molecular weight excluding hydrogens is 250 g/mol. The lowest BCUT2D eigenvalue weighted by Crippen LogP contribution is -2.44. The number of hydrogen-bond donors (Lipinski definition) is 0. The first-order chi connectivity index (χ1) is 9.80. The molecule has 0 aromatic rings. The molecule has 0 spiro atoms. The molecule has 0 amide bonds. The highest BCUT2D eigenvalue weighted by molar-refractivity contribution is 4.71. The van der Waals surface area contributed by atoms with Crippen molar-refractivity contribution < 1.29 is 9.47 Å². The van der Waals surface area contributed by atoms with Crippen LogP contribution >= 0.6 is 0 Å². The molecular formula is C17H35NO2. The Morgan fingerprint density at radius 1 is 1.10 bits per heavy atom. The normalized spacial score (nSPS) is 22.1. The van der Waals surface area contributed by atoms with Gasteiger partial charge in [0.2, 0.25) is 0 Å². The van der Waals surface area contributed by atoms with Crippen molar-refractivity contribution in [2.45, 2.75) is 77.9 Å². The van der Waals surface area contributed by atoms with Crippen LogP contribution in [0.15, 0.2) is 0 Å². The number of ether oxygens (including phenoxy) is 2. The van der Waals surface area contributed by atoms with Crippen LogP contribution in [0.4, 0.5) is 0 Å². The Bertz CT molecular complexity index is 223. The molecule has 2 unspecified atom stereocenters. The van der Waals surface area contributed by atoms with E-state index in [0.29, 0.717) is 6.10 Å². The van der Waals surface area contributed by atoms with Gasteiger partial charge in [-0.15, -0.1) is 0 Å². The maximum absolute atomic E-state index is 6.14. The molecule has 1 aliphatic rings. The van der Waals surface area contributed by atoms with Gasteiger partial charge in [-0.05, 0) is 19.4 Å². The van der Waals surface area contributed by atoms with E-state index >= 15 is 0 Å². The third-order valence-corrected chi connectivity index (χ3v) is 4.18. The van der Waals surface area contributed by atoms with Crippen LogP contribution in [0, 0.1) is 0 Å². The first kappa shape index (κ1) is 17.9. The lowest BCUT2D eigenvalue weighted by atomic mass is 10.1. The second-order valence-corrected chi connectivity index (χ2v) is 5.98. The van der Waals surface area contributed by atoms with Crippen molar-refractivity contribution in [1.29, 1.82) is 0 Å². The van der Waals surface area contributed by atoms with Gasteiger partial charge in [0.1, 0.15) is 0 Å². The van der Waals surface area contributed by atoms with E-state index < -0.39 is 0 Å². The average Bonchev–Trinajstić information content (AvgIpc) is 2.49. The van der Waals surface area contributed by atoms with Gasteiger partial charge in [-0.3, -0.25) is 4.90 Å². The number of nitrogens with zero attached hydrogens (tertiary/aromatic N) is 1. The van der Waals surface area contributed by atoms with Gasteiger partial charge in [0, 0.05) is 13.1 Å². The third kappa shape index (κ3) is 7.61. The van der Waals surface area contributed by atoms with Gasteiger partial charge in [-0.2, -0.15) is 0 Å². The highest BCUT2D eigenvalue weighted by Crippen LogP contribution is 2.15. The number of unbranched alkanes of at least 4 members (excludes halogenated alkanes) is 3. The lowest BCUT2D eigenvalue weighted by Gasteiger charge is -2.32. The number of likely N-dealkylation sites (N-methyl/N-ethyl adjacent to an activating group) is 1. The molecule has 0 aromatic heterocycles. The van der Waals surface area contributed by atoms with Crippen LogP contribution in [0.25, 0.3) is 0 Å². The minimum absolute atomic E-state index is 0.277. The van der Waals surface area contributed by atoms with Crippen LogP contribution in [0.1, 0.15) is 65.7 Å². The quantitative estimate of drug-likeness (QED) is 0.538. The summed E-state index contributed by atoms with van der Waals surface area (Å²) < 4.78 is 12.0. The number of hydrogen-bond acceptors (Lipinski definition) is 3. The largest absolute Gasteiger partial charge is 0.375 e. The third-order valence-electron chi connectivity index (χ3n) is 4.18. The molecule has 0 saturated carbocycles. The summed E-state index contributed by atoms with van der Waals surface area (Å²) in [6.45, 7) is 11.6. The Morgan fingerprint density at radius 2 is 1.95 bits per heavy atom. The number of morpholine rings is 1. The minimum Gasteiger partial charge on any atom is -0.375 e. The summed E-state index contributed by atoms with van der Waals surface area (Å²) >= 11 is 0. The average molecular weight is 285 g/mol. The summed E-state index contributed by atoms with van der Waals surface area (Å²) in [6.07, 6.45) is 9.67. The highest BCUT2D eigenvalue weighted by atomic mass is 16.5. The zero-order chi connectivity index (χ0) is 14.6. The fraction of sp³-hybridized carbons (Fsp3) is 1.00. The monoisotopic (exact) mass is 285 g/mol. The molecule has 0 aromatic carbocycles. The summed E-state index contributed by atoms with van der Waals surface area (Å²) in [5, 5.41) is 0. The minimum atomic E-state index is 0.277. The second kappa shape index (κ2) is 11.5. The molecule has 0 bridgehead atoms. The molecule has 0 aliphatic carbocycles. The predicted molar refractivity (Wildman–Crippen MR) is 85.3 cm³/mol. The fourth-order valence-electron chi connectivity index (χ4n) is 2.84. The summed E-state index contributed by atoms with van der Waals surface area (Å²) in [4.78, 5) is 2.45. The lowest BCUT2D eigenvalue weighted by molar-refractivity contribution is -0.0867. The van der Waals surface area contributed by atoms with E-state index in [1.807, 2.05) is 0 Å². The molecule has 1 heterocycles. The molecule has 20 heavy (non-hydrogen) atoms. The van der Waals surface area contributed by atoms with E-state index in [0.717, 1.165) is 32.8 Å². The van der Waals surface area contributed by atoms with Crippen LogP contribution in [0.5, 0.6) is 0 Å². The predicted octanol–water partition coefficient (Wildman–Crippen LogP) is 3.86. The summed E-state index contributed by atoms with van der Waals surface area (Å²) in [6, 6.07) is 0. The molecule has 2 atom stereocenters. The van der Waals surface area contributed by atoms with Crippen molar-refractivity contribution in [3.63, 3.8) is 0 Å². The van der Waals surface area contributed by atoms with Gasteiger partial charge in [0.25, 0.3) is 0 Å². The maximum Gasteiger partial charge on any atom is 0.0935 e. The van der Waals surface area contributed by atoms with E-state index in [4.69, 9.17) is 9.47 Å². The van der Waals surface area contributed by atoms with Gasteiger partial charge < -0.3 is 9.47 Å². The maximum atomic E-state index is 6.14. The summed E-state index contributed by atoms with van der Waals surface area (Å²) in [5.74, 6) is 0. The SMILES string of the molecule is CCCCCCC(CCC)OCC1CN(CC)CCO1. The highest BCUT2D eigenvalue weighted by Gasteiger charge is 2.20. The van der Waals surface area contributed by atoms with Gasteiger partial charge in [-0.25, -0.2) is 0 Å². The van der Waals surface area contributed by atoms with Gasteiger partial charge in [0.05, 0.1) is 25.4 Å². The van der Waals surface area contributed by atoms with E-state index in [9.17, 15) is 0 Å². The van der Waals surface area contributed by atoms with Gasteiger partial charge >= 0.3 is 0 Å². The Hall–Kier alpha value is -0.120. The van der Waals surface area contributed by atoms with E-state index in [2.05, 4.69) is 25.7 Å². The Labute approximate surface area is 126 Å². The summed E-state index contributed by atoms with van der Waals surface area (Å²) in [5.41, 5.74) is 0. The first-order valence-electron chi connectivity index (χ1n) is 8.75. The van der Waals surface area contributed by atoms with Crippen LogP contribution in [0.2, 0.25) is 0 Å². The fourth-order valence-corrected chi connectivity index (χ4v) is 2.84. The smallest absolute Gasteiger partial charge is 0.0935 e. The molecule has 1 rings (SSSR count). The molecule has 1 fully saturated rings. The van der Waals surface area contributed by atoms with E-state index in [1.165, 1.54) is 44.9 Å². The molecule has 120 valence electrons. The van der Waals surface area contributed by atoms with Crippen LogP contribution in [0.3, 0.4) is 0 Å². The van der Waals surface area contributed by atoms with Gasteiger partial charge in [-0.1, -0.05) is 52.9 Å². The van der Waals surface area contributed by atoms with Crippen molar-refractivity contribution in [2.75, 3.05) is 32.8 Å². The molecule has 3 heteroatoms. The van der Waals surface area contributed by atoms with Crippen molar-refractivity contribution in [1.82, 2.24) is 4.90 Å². The molecule has 1 aliphatic heterocycles. The zero-order valence-corrected chi connectivity index (χ0v) is 13.9. The Balaban J connectivity index is 2.19. The molecule has 1 saturated heterocycles. The van der Waals surface area contributed by atoms with Crippen molar-refractivity contribution >= 4 is 0 Å². The van der Waals surface area contributed by atoms with Crippen LogP contribution < -0.4 is 0 Å². The molecule has 3 nitrogen and oxygen atoms in total. The van der Waals surface area contributed by atoms with E-state index in [1.54, 1.807) is 0 Å². The van der Waals surface area contributed by atoms with Crippen LogP contribution in [-0.2, 0) is 9.47 Å². The van der Waals surface area contributed by atoms with Crippen LogP contribution in [-0.4, -0.2) is 50.0 Å². The topological polar surface area (TPSA) is 21.7 Å². The zero-order valence-electron chi connectivity index (χ0n) is 13.9. The van der Waals surface area contributed by atoms with Crippen molar-refractivity contribution in [3.05, 3.63) is 0 Å². The Kier molecular flexibility index (Phi) is 10.3. The van der Waals surface area contributed by atoms with E-state index in [-0.39, 0.29) is 6.10 Å². The molecule has 0 radical (unpaired) electrons. The van der Waals surface area contributed by atoms with Crippen molar-refractivity contribution in [2.24, 2.45) is 0 Å². The molecule has 0 N–H and O–H groups in total. The first-order valence-corrected chi connectivity index (χ1v) is 8.75. The number of rotatable bonds is 11. The second-order valence-electron chi connectivity index (χ2n) is 5.98. The van der Waals surface area contributed by atoms with Crippen molar-refractivity contribution in [3.8, 4) is 0 Å². The summed E-state index contributed by atoms with van der Waals surface area (Å²) in [7, 11) is 0. The Morgan fingerprint density at radius 3 is 2.65 bits per heavy atom. The van der Waals surface area contributed by atoms with Gasteiger partial charge in [0.15, 0.2) is 0 Å². The standard InChI is InChI=1S/C17H35NO2/c1-4-7-8-9-11-16(10-5-2)20-15-17-14-18(6-3)12-13-19-17/h16-17H,4-15H2,1-3H3.